The lowest BCUT2D eigenvalue weighted by Gasteiger charge is -2.55. The van der Waals surface area contributed by atoms with E-state index in [9.17, 15) is 4.79 Å². The van der Waals surface area contributed by atoms with Gasteiger partial charge in [-0.2, -0.15) is 5.10 Å². The van der Waals surface area contributed by atoms with Crippen LogP contribution in [0.4, 0.5) is 5.69 Å². The van der Waals surface area contributed by atoms with Crippen LogP contribution in [-0.4, -0.2) is 61.2 Å². The van der Waals surface area contributed by atoms with Crippen molar-refractivity contribution in [2.24, 2.45) is 22.4 Å². The summed E-state index contributed by atoms with van der Waals surface area (Å²) in [6, 6.07) is 7.16. The molecule has 0 radical (unpaired) electrons. The van der Waals surface area contributed by atoms with Crippen LogP contribution in [0.15, 0.2) is 29.4 Å². The fourth-order valence-corrected chi connectivity index (χ4v) is 5.39. The van der Waals surface area contributed by atoms with Crippen molar-refractivity contribution in [3.8, 4) is 0 Å². The lowest BCUT2D eigenvalue weighted by Crippen LogP contribution is -2.62. The second kappa shape index (κ2) is 7.24. The molecule has 2 heterocycles. The Labute approximate surface area is 161 Å². The molecule has 4 rings (SSSR count). The zero-order chi connectivity index (χ0) is 19.0. The van der Waals surface area contributed by atoms with Crippen LogP contribution >= 0.6 is 0 Å². The number of hydrogen-bond donors (Lipinski definition) is 2. The van der Waals surface area contributed by atoms with E-state index < -0.39 is 0 Å². The summed E-state index contributed by atoms with van der Waals surface area (Å²) >= 11 is 0. The van der Waals surface area contributed by atoms with Crippen molar-refractivity contribution in [3.63, 3.8) is 0 Å². The number of carbonyl (C=O) groups excluding carboxylic acids is 1. The molecule has 2 saturated heterocycles. The summed E-state index contributed by atoms with van der Waals surface area (Å²) in [7, 11) is 2.22. The van der Waals surface area contributed by atoms with E-state index in [0.29, 0.717) is 23.1 Å². The van der Waals surface area contributed by atoms with Gasteiger partial charge in [-0.05, 0) is 31.5 Å². The smallest absolute Gasteiger partial charge is 0.273 e. The normalized spacial score (nSPS) is 34.0. The quantitative estimate of drug-likeness (QED) is 0.615. The van der Waals surface area contributed by atoms with E-state index in [1.54, 1.807) is 12.1 Å². The van der Waals surface area contributed by atoms with Crippen LogP contribution < -0.4 is 11.2 Å². The molecule has 1 saturated carbocycles. The average molecular weight is 370 g/mol. The number of fused-ring (bicyclic) bond motifs is 1. The maximum absolute atomic E-state index is 12.6. The number of anilines is 1. The number of amides is 1. The second-order valence-electron chi connectivity index (χ2n) is 8.50. The molecule has 1 amide bonds. The lowest BCUT2D eigenvalue weighted by molar-refractivity contribution is 0.0789. The lowest BCUT2D eigenvalue weighted by atomic mass is 9.51. The first-order valence-corrected chi connectivity index (χ1v) is 10.2. The van der Waals surface area contributed by atoms with Gasteiger partial charge in [0, 0.05) is 49.7 Å². The highest BCUT2D eigenvalue weighted by Gasteiger charge is 2.63. The molecule has 4 unspecified atom stereocenters. The van der Waals surface area contributed by atoms with Gasteiger partial charge in [-0.3, -0.25) is 4.79 Å². The monoisotopic (exact) mass is 369 g/mol. The van der Waals surface area contributed by atoms with Crippen LogP contribution in [0, 0.1) is 17.3 Å². The third-order valence-electron chi connectivity index (χ3n) is 6.78. The zero-order valence-corrected chi connectivity index (χ0v) is 16.4. The zero-order valence-electron chi connectivity index (χ0n) is 16.4. The highest BCUT2D eigenvalue weighted by Crippen LogP contribution is 2.56. The standard InChI is InChI=1S/C21H31N5O/c1-3-4-9-21-14-25(2)10-11-26-12-16(17(21)13-26)19(21)23-24-20(27)15-7-5-6-8-18(15)22/h5-8,16-17H,3-4,9-14,22H2,1-2H3,(H,24,27)/b23-19-. The first kappa shape index (κ1) is 18.4. The summed E-state index contributed by atoms with van der Waals surface area (Å²) in [5, 5.41) is 4.72. The summed E-state index contributed by atoms with van der Waals surface area (Å²) in [5.74, 6) is 0.942. The number of hydrazone groups is 1. The minimum atomic E-state index is -0.216. The van der Waals surface area contributed by atoms with E-state index in [-0.39, 0.29) is 11.3 Å². The van der Waals surface area contributed by atoms with E-state index in [2.05, 4.69) is 29.2 Å². The number of para-hydroxylation sites is 1. The molecule has 4 atom stereocenters. The van der Waals surface area contributed by atoms with Crippen LogP contribution in [0.1, 0.15) is 36.5 Å². The number of nitrogens with two attached hydrogens (primary N) is 1. The van der Waals surface area contributed by atoms with E-state index in [0.717, 1.165) is 32.6 Å². The fraction of sp³-hybridized carbons (Fsp3) is 0.619. The molecule has 3 fully saturated rings. The molecule has 27 heavy (non-hydrogen) atoms. The predicted octanol–water partition coefficient (Wildman–Crippen LogP) is 2.04. The molecule has 2 bridgehead atoms. The number of unbranched alkanes of at least 4 members (excludes halogenated alkanes) is 1. The fourth-order valence-electron chi connectivity index (χ4n) is 5.39. The number of nitrogens with zero attached hydrogens (tertiary/aromatic N) is 3. The third kappa shape index (κ3) is 3.15. The van der Waals surface area contributed by atoms with Crippen molar-refractivity contribution in [2.45, 2.75) is 26.2 Å². The Bertz CT molecular complexity index is 748. The number of hydrogen-bond acceptors (Lipinski definition) is 5. The molecule has 6 nitrogen and oxygen atoms in total. The molecule has 1 aromatic rings. The predicted molar refractivity (Wildman–Crippen MR) is 109 cm³/mol. The van der Waals surface area contributed by atoms with Gasteiger partial charge in [0.15, 0.2) is 0 Å². The van der Waals surface area contributed by atoms with E-state index >= 15 is 0 Å². The largest absolute Gasteiger partial charge is 0.398 e. The molecule has 3 aliphatic rings. The summed E-state index contributed by atoms with van der Waals surface area (Å²) < 4.78 is 0. The minimum Gasteiger partial charge on any atom is -0.398 e. The van der Waals surface area contributed by atoms with Crippen molar-refractivity contribution in [1.82, 2.24) is 15.2 Å². The molecular weight excluding hydrogens is 338 g/mol. The number of likely N-dealkylation sites (N-methyl/N-ethyl adjacent to an activating group) is 1. The van der Waals surface area contributed by atoms with Gasteiger partial charge in [0.05, 0.1) is 11.3 Å². The van der Waals surface area contributed by atoms with Gasteiger partial charge in [0.25, 0.3) is 5.91 Å². The number of carbonyl (C=O) groups is 1. The molecular formula is C21H31N5O. The molecule has 146 valence electrons. The molecule has 0 aromatic heterocycles. The summed E-state index contributed by atoms with van der Waals surface area (Å²) in [4.78, 5) is 17.6. The molecule has 2 aliphatic heterocycles. The van der Waals surface area contributed by atoms with E-state index in [1.165, 1.54) is 25.1 Å². The number of nitrogens with one attached hydrogen (secondary N) is 1. The van der Waals surface area contributed by atoms with Crippen molar-refractivity contribution in [3.05, 3.63) is 29.8 Å². The van der Waals surface area contributed by atoms with E-state index in [4.69, 9.17) is 10.8 Å². The van der Waals surface area contributed by atoms with Crippen LogP contribution in [0.2, 0.25) is 0 Å². The van der Waals surface area contributed by atoms with Gasteiger partial charge in [0.1, 0.15) is 0 Å². The second-order valence-corrected chi connectivity index (χ2v) is 8.50. The molecule has 3 N–H and O–H groups in total. The van der Waals surface area contributed by atoms with Gasteiger partial charge in [-0.1, -0.05) is 31.9 Å². The van der Waals surface area contributed by atoms with Gasteiger partial charge in [0.2, 0.25) is 0 Å². The van der Waals surface area contributed by atoms with Crippen molar-refractivity contribution in [1.29, 1.82) is 0 Å². The Balaban J connectivity index is 1.60. The molecule has 0 spiro atoms. The van der Waals surface area contributed by atoms with Gasteiger partial charge < -0.3 is 15.5 Å². The van der Waals surface area contributed by atoms with Crippen LogP contribution in [-0.2, 0) is 0 Å². The van der Waals surface area contributed by atoms with Crippen LogP contribution in [0.3, 0.4) is 0 Å². The number of benzene rings is 1. The van der Waals surface area contributed by atoms with Gasteiger partial charge in [-0.25, -0.2) is 5.43 Å². The highest BCUT2D eigenvalue weighted by molar-refractivity contribution is 6.03. The summed E-state index contributed by atoms with van der Waals surface area (Å²) in [5.41, 5.74) is 11.1. The Morgan fingerprint density at radius 2 is 2.15 bits per heavy atom. The van der Waals surface area contributed by atoms with Crippen molar-refractivity contribution in [2.75, 3.05) is 45.5 Å². The van der Waals surface area contributed by atoms with Gasteiger partial charge >= 0.3 is 0 Å². The molecule has 1 aromatic carbocycles. The van der Waals surface area contributed by atoms with Crippen molar-refractivity contribution >= 4 is 17.3 Å². The minimum absolute atomic E-state index is 0.111. The maximum Gasteiger partial charge on any atom is 0.273 e. The maximum atomic E-state index is 12.6. The van der Waals surface area contributed by atoms with Crippen molar-refractivity contribution < 1.29 is 4.79 Å². The van der Waals surface area contributed by atoms with Crippen LogP contribution in [0.25, 0.3) is 0 Å². The highest BCUT2D eigenvalue weighted by atomic mass is 16.2. The average Bonchev–Trinajstić information content (AvgIpc) is 3.07. The van der Waals surface area contributed by atoms with Gasteiger partial charge in [-0.15, -0.1) is 0 Å². The SMILES string of the molecule is CCCCC12CN(C)CCN3CC(/C1=N/NC(=O)c1ccccc1N)C2C3. The molecule has 1 aliphatic carbocycles. The Morgan fingerprint density at radius 1 is 1.33 bits per heavy atom. The Morgan fingerprint density at radius 3 is 2.93 bits per heavy atom. The van der Waals surface area contributed by atoms with Crippen LogP contribution in [0.5, 0.6) is 0 Å². The molecule has 6 heteroatoms. The van der Waals surface area contributed by atoms with E-state index in [1.807, 2.05) is 12.1 Å². The Kier molecular flexibility index (Phi) is 4.95. The number of nitrogen functional groups attached to an aromatic ring is 1. The topological polar surface area (TPSA) is 74.0 Å². The Hall–Kier alpha value is -1.92. The summed E-state index contributed by atoms with van der Waals surface area (Å²) in [6.45, 7) is 7.79. The number of rotatable bonds is 5. The third-order valence-corrected chi connectivity index (χ3v) is 6.78. The first-order valence-electron chi connectivity index (χ1n) is 10.2. The first-order chi connectivity index (χ1) is 13.0. The summed E-state index contributed by atoms with van der Waals surface area (Å²) in [6.07, 6.45) is 3.55.